The van der Waals surface area contributed by atoms with Crippen LogP contribution < -0.4 is 10.6 Å². The SMILES string of the molecule is CC(=O)N1CCC(NC(=O)NCc2ccc(-c3ccccc3)o2)C1. The minimum absolute atomic E-state index is 0.00498. The molecular formula is C18H21N3O3. The van der Waals surface area contributed by atoms with Gasteiger partial charge in [-0.05, 0) is 18.6 Å². The molecule has 24 heavy (non-hydrogen) atoms. The fourth-order valence-corrected chi connectivity index (χ4v) is 2.80. The van der Waals surface area contributed by atoms with Crippen molar-refractivity contribution in [2.24, 2.45) is 0 Å². The van der Waals surface area contributed by atoms with Gasteiger partial charge in [0, 0.05) is 31.6 Å². The summed E-state index contributed by atoms with van der Waals surface area (Å²) in [5, 5.41) is 5.67. The third-order valence-corrected chi connectivity index (χ3v) is 4.11. The molecule has 1 aromatic heterocycles. The number of hydrogen-bond donors (Lipinski definition) is 2. The molecule has 1 aromatic carbocycles. The van der Waals surface area contributed by atoms with Gasteiger partial charge >= 0.3 is 6.03 Å². The van der Waals surface area contributed by atoms with Gasteiger partial charge in [-0.1, -0.05) is 30.3 Å². The zero-order valence-electron chi connectivity index (χ0n) is 13.6. The van der Waals surface area contributed by atoms with E-state index in [-0.39, 0.29) is 18.0 Å². The van der Waals surface area contributed by atoms with Gasteiger partial charge in [0.15, 0.2) is 0 Å². The number of amides is 3. The number of nitrogens with zero attached hydrogens (tertiary/aromatic N) is 1. The highest BCUT2D eigenvalue weighted by atomic mass is 16.3. The molecule has 0 bridgehead atoms. The summed E-state index contributed by atoms with van der Waals surface area (Å²) in [6.45, 7) is 3.13. The van der Waals surface area contributed by atoms with Crippen LogP contribution in [0.3, 0.4) is 0 Å². The van der Waals surface area contributed by atoms with Gasteiger partial charge in [-0.15, -0.1) is 0 Å². The lowest BCUT2D eigenvalue weighted by atomic mass is 10.2. The first-order chi connectivity index (χ1) is 11.6. The molecule has 1 aliphatic heterocycles. The summed E-state index contributed by atoms with van der Waals surface area (Å²) in [5.41, 5.74) is 1.00. The van der Waals surface area contributed by atoms with Crippen LogP contribution in [0.25, 0.3) is 11.3 Å². The Morgan fingerprint density at radius 2 is 2.00 bits per heavy atom. The zero-order valence-corrected chi connectivity index (χ0v) is 13.6. The number of carbonyl (C=O) groups excluding carboxylic acids is 2. The maximum atomic E-state index is 12.0. The van der Waals surface area contributed by atoms with Gasteiger partial charge in [0.1, 0.15) is 11.5 Å². The molecule has 3 amide bonds. The molecule has 126 valence electrons. The van der Waals surface area contributed by atoms with Gasteiger partial charge in [-0.2, -0.15) is 0 Å². The van der Waals surface area contributed by atoms with E-state index >= 15 is 0 Å². The van der Waals surface area contributed by atoms with Crippen molar-refractivity contribution in [3.63, 3.8) is 0 Å². The summed E-state index contributed by atoms with van der Waals surface area (Å²) in [7, 11) is 0. The van der Waals surface area contributed by atoms with E-state index in [2.05, 4.69) is 10.6 Å². The van der Waals surface area contributed by atoms with Crippen molar-refractivity contribution in [1.29, 1.82) is 0 Å². The lowest BCUT2D eigenvalue weighted by Gasteiger charge is -2.15. The van der Waals surface area contributed by atoms with E-state index < -0.39 is 0 Å². The first-order valence-corrected chi connectivity index (χ1v) is 8.06. The van der Waals surface area contributed by atoms with Crippen molar-refractivity contribution < 1.29 is 14.0 Å². The Morgan fingerprint density at radius 3 is 2.71 bits per heavy atom. The zero-order chi connectivity index (χ0) is 16.9. The van der Waals surface area contributed by atoms with E-state index in [4.69, 9.17) is 4.42 Å². The summed E-state index contributed by atoms with van der Waals surface area (Å²) in [5.74, 6) is 1.52. The largest absolute Gasteiger partial charge is 0.459 e. The van der Waals surface area contributed by atoms with Crippen molar-refractivity contribution in [2.45, 2.75) is 25.9 Å². The van der Waals surface area contributed by atoms with Crippen molar-refractivity contribution >= 4 is 11.9 Å². The molecule has 0 radical (unpaired) electrons. The Hall–Kier alpha value is -2.76. The standard InChI is InChI=1S/C18H21N3O3/c1-13(22)21-10-9-15(12-21)20-18(23)19-11-16-7-8-17(24-16)14-5-3-2-4-6-14/h2-8,15H,9-12H2,1H3,(H2,19,20,23). The first kappa shape index (κ1) is 16.1. The Bertz CT molecular complexity index is 711. The fraction of sp³-hybridized carbons (Fsp3) is 0.333. The summed E-state index contributed by atoms with van der Waals surface area (Å²) in [4.78, 5) is 25.0. The van der Waals surface area contributed by atoms with Crippen LogP contribution in [-0.4, -0.2) is 36.0 Å². The Labute approximate surface area is 140 Å². The van der Waals surface area contributed by atoms with Gasteiger partial charge in [0.25, 0.3) is 0 Å². The molecule has 1 atom stereocenters. The number of nitrogens with one attached hydrogen (secondary N) is 2. The van der Waals surface area contributed by atoms with Gasteiger partial charge < -0.3 is 20.0 Å². The summed E-state index contributed by atoms with van der Waals surface area (Å²) >= 11 is 0. The quantitative estimate of drug-likeness (QED) is 0.905. The van der Waals surface area contributed by atoms with Crippen molar-refractivity contribution in [3.05, 3.63) is 48.2 Å². The van der Waals surface area contributed by atoms with E-state index in [1.165, 1.54) is 0 Å². The molecule has 6 heteroatoms. The maximum absolute atomic E-state index is 12.0. The molecule has 1 aliphatic rings. The molecule has 1 unspecified atom stereocenters. The van der Waals surface area contributed by atoms with Crippen molar-refractivity contribution in [3.8, 4) is 11.3 Å². The number of carbonyl (C=O) groups is 2. The van der Waals surface area contributed by atoms with Gasteiger partial charge in [0.2, 0.25) is 5.91 Å². The normalized spacial score (nSPS) is 16.9. The highest BCUT2D eigenvalue weighted by molar-refractivity contribution is 5.75. The van der Waals surface area contributed by atoms with Crippen LogP contribution in [0.1, 0.15) is 19.1 Å². The molecule has 3 rings (SSSR count). The Kier molecular flexibility index (Phi) is 4.84. The fourth-order valence-electron chi connectivity index (χ4n) is 2.80. The molecule has 1 fully saturated rings. The molecular weight excluding hydrogens is 306 g/mol. The lowest BCUT2D eigenvalue weighted by Crippen LogP contribution is -2.43. The van der Waals surface area contributed by atoms with Crippen molar-refractivity contribution in [2.75, 3.05) is 13.1 Å². The molecule has 0 spiro atoms. The average molecular weight is 327 g/mol. The average Bonchev–Trinajstić information content (AvgIpc) is 3.23. The van der Waals surface area contributed by atoms with E-state index in [9.17, 15) is 9.59 Å². The number of benzene rings is 1. The lowest BCUT2D eigenvalue weighted by molar-refractivity contribution is -0.127. The molecule has 2 heterocycles. The highest BCUT2D eigenvalue weighted by Crippen LogP contribution is 2.21. The second-order valence-corrected chi connectivity index (χ2v) is 5.91. The second kappa shape index (κ2) is 7.21. The third-order valence-electron chi connectivity index (χ3n) is 4.11. The summed E-state index contributed by atoms with van der Waals surface area (Å²) in [6.07, 6.45) is 0.784. The third kappa shape index (κ3) is 3.95. The van der Waals surface area contributed by atoms with E-state index in [1.807, 2.05) is 42.5 Å². The minimum Gasteiger partial charge on any atom is -0.459 e. The topological polar surface area (TPSA) is 74.6 Å². The second-order valence-electron chi connectivity index (χ2n) is 5.91. The number of furan rings is 1. The monoisotopic (exact) mass is 327 g/mol. The maximum Gasteiger partial charge on any atom is 0.315 e. The molecule has 2 aromatic rings. The van der Waals surface area contributed by atoms with Crippen LogP contribution in [0.2, 0.25) is 0 Å². The first-order valence-electron chi connectivity index (χ1n) is 8.06. The van der Waals surface area contributed by atoms with Crippen LogP contribution in [0, 0.1) is 0 Å². The van der Waals surface area contributed by atoms with Crippen LogP contribution in [0.5, 0.6) is 0 Å². The number of hydrogen-bond acceptors (Lipinski definition) is 3. The van der Waals surface area contributed by atoms with Gasteiger partial charge in [-0.25, -0.2) is 4.79 Å². The molecule has 6 nitrogen and oxygen atoms in total. The molecule has 2 N–H and O–H groups in total. The predicted octanol–water partition coefficient (Wildman–Crippen LogP) is 2.37. The van der Waals surface area contributed by atoms with Crippen LogP contribution in [0.15, 0.2) is 46.9 Å². The van der Waals surface area contributed by atoms with Gasteiger partial charge in [0.05, 0.1) is 6.54 Å². The number of urea groups is 1. The minimum atomic E-state index is -0.247. The molecule has 0 aliphatic carbocycles. The van der Waals surface area contributed by atoms with E-state index in [0.29, 0.717) is 25.4 Å². The predicted molar refractivity (Wildman–Crippen MR) is 90.2 cm³/mol. The molecule has 1 saturated heterocycles. The van der Waals surface area contributed by atoms with Crippen LogP contribution in [-0.2, 0) is 11.3 Å². The summed E-state index contributed by atoms with van der Waals surface area (Å²) < 4.78 is 5.74. The van der Waals surface area contributed by atoms with Gasteiger partial charge in [-0.3, -0.25) is 4.79 Å². The Balaban J connectivity index is 1.47. The number of likely N-dealkylation sites (tertiary alicyclic amines) is 1. The van der Waals surface area contributed by atoms with Crippen molar-refractivity contribution in [1.82, 2.24) is 15.5 Å². The van der Waals surface area contributed by atoms with Crippen LogP contribution in [0.4, 0.5) is 4.79 Å². The molecule has 0 saturated carbocycles. The van der Waals surface area contributed by atoms with Crippen LogP contribution >= 0.6 is 0 Å². The highest BCUT2D eigenvalue weighted by Gasteiger charge is 2.25. The van der Waals surface area contributed by atoms with E-state index in [0.717, 1.165) is 17.7 Å². The van der Waals surface area contributed by atoms with E-state index in [1.54, 1.807) is 11.8 Å². The smallest absolute Gasteiger partial charge is 0.315 e. The number of rotatable bonds is 4. The Morgan fingerprint density at radius 1 is 1.21 bits per heavy atom. The summed E-state index contributed by atoms with van der Waals surface area (Å²) in [6, 6.07) is 13.3.